The van der Waals surface area contributed by atoms with Crippen molar-refractivity contribution in [3.63, 3.8) is 0 Å². The van der Waals surface area contributed by atoms with Gasteiger partial charge in [-0.2, -0.15) is 0 Å². The van der Waals surface area contributed by atoms with Gasteiger partial charge < -0.3 is 15.6 Å². The molecule has 2 aromatic rings. The summed E-state index contributed by atoms with van der Waals surface area (Å²) < 4.78 is 0. The molecule has 3 N–H and O–H groups in total. The number of aromatic nitrogens is 1. The molecule has 1 aromatic carbocycles. The number of hydrogen-bond donors (Lipinski definition) is 3. The Morgan fingerprint density at radius 1 is 1.39 bits per heavy atom. The number of amides is 2. The van der Waals surface area contributed by atoms with E-state index in [0.29, 0.717) is 11.9 Å². The summed E-state index contributed by atoms with van der Waals surface area (Å²) in [7, 11) is 0. The molecule has 0 atom stereocenters. The van der Waals surface area contributed by atoms with Crippen LogP contribution in [0, 0.1) is 0 Å². The molecule has 0 fully saturated rings. The van der Waals surface area contributed by atoms with Gasteiger partial charge in [0.25, 0.3) is 0 Å². The summed E-state index contributed by atoms with van der Waals surface area (Å²) in [6.07, 6.45) is 3.04. The first-order valence-corrected chi connectivity index (χ1v) is 5.48. The highest BCUT2D eigenvalue weighted by atomic mass is 16.2. The quantitative estimate of drug-likeness (QED) is 0.719. The predicted octanol–water partition coefficient (Wildman–Crippen LogP) is 1.84. The van der Waals surface area contributed by atoms with Crippen LogP contribution in [-0.4, -0.2) is 17.6 Å². The van der Waals surface area contributed by atoms with E-state index in [1.807, 2.05) is 6.07 Å². The van der Waals surface area contributed by atoms with E-state index >= 15 is 0 Å². The Hall–Kier alpha value is -2.56. The lowest BCUT2D eigenvalue weighted by Gasteiger charge is -2.06. The Balaban J connectivity index is 2.29. The van der Waals surface area contributed by atoms with Crippen molar-refractivity contribution < 1.29 is 4.79 Å². The van der Waals surface area contributed by atoms with Crippen LogP contribution in [0.5, 0.6) is 0 Å². The van der Waals surface area contributed by atoms with E-state index in [4.69, 9.17) is 0 Å². The standard InChI is InChI=1S/C13H13N3O2/c1-2-7-14-13(18)16-11-8-15-10-6-4-3-5-9(10)12(11)17/h2-6,8H,1,7H2,(H,15,17)(H2,14,16,18). The van der Waals surface area contributed by atoms with Crippen LogP contribution in [0.2, 0.25) is 0 Å². The molecule has 0 aliphatic carbocycles. The zero-order chi connectivity index (χ0) is 13.0. The van der Waals surface area contributed by atoms with Gasteiger partial charge in [-0.05, 0) is 12.1 Å². The molecule has 0 aliphatic rings. The molecule has 0 radical (unpaired) electrons. The smallest absolute Gasteiger partial charge is 0.319 e. The van der Waals surface area contributed by atoms with Crippen molar-refractivity contribution in [1.29, 1.82) is 0 Å². The lowest BCUT2D eigenvalue weighted by Crippen LogP contribution is -2.30. The molecule has 92 valence electrons. The Morgan fingerprint density at radius 3 is 2.94 bits per heavy atom. The Labute approximate surface area is 104 Å². The number of pyridine rings is 1. The first kappa shape index (κ1) is 11.9. The van der Waals surface area contributed by atoms with Crippen LogP contribution in [0.3, 0.4) is 0 Å². The number of H-pyrrole nitrogens is 1. The first-order valence-electron chi connectivity index (χ1n) is 5.48. The molecule has 5 heteroatoms. The number of aromatic amines is 1. The van der Waals surface area contributed by atoms with Gasteiger partial charge in [-0.3, -0.25) is 4.79 Å². The average molecular weight is 243 g/mol. The average Bonchev–Trinajstić information content (AvgIpc) is 2.40. The molecule has 5 nitrogen and oxygen atoms in total. The number of nitrogens with one attached hydrogen (secondary N) is 3. The third-order valence-electron chi connectivity index (χ3n) is 2.44. The van der Waals surface area contributed by atoms with Gasteiger partial charge in [-0.1, -0.05) is 18.2 Å². The second kappa shape index (κ2) is 5.18. The molecule has 0 spiro atoms. The summed E-state index contributed by atoms with van der Waals surface area (Å²) >= 11 is 0. The zero-order valence-electron chi connectivity index (χ0n) is 9.69. The van der Waals surface area contributed by atoms with Crippen LogP contribution < -0.4 is 16.1 Å². The minimum atomic E-state index is -0.435. The molecule has 0 saturated carbocycles. The topological polar surface area (TPSA) is 74.0 Å². The molecule has 1 heterocycles. The van der Waals surface area contributed by atoms with Crippen LogP contribution >= 0.6 is 0 Å². The van der Waals surface area contributed by atoms with Crippen LogP contribution in [0.4, 0.5) is 10.5 Å². The second-order valence-corrected chi connectivity index (χ2v) is 3.70. The van der Waals surface area contributed by atoms with Crippen molar-refractivity contribution in [2.45, 2.75) is 0 Å². The summed E-state index contributed by atoms with van der Waals surface area (Å²) in [5.41, 5.74) is 0.743. The van der Waals surface area contributed by atoms with Crippen LogP contribution in [0.15, 0.2) is 47.9 Å². The molecular weight excluding hydrogens is 230 g/mol. The number of para-hydroxylation sites is 1. The van der Waals surface area contributed by atoms with E-state index in [2.05, 4.69) is 22.2 Å². The minimum Gasteiger partial charge on any atom is -0.359 e. The molecule has 18 heavy (non-hydrogen) atoms. The number of benzene rings is 1. The Morgan fingerprint density at radius 2 is 2.17 bits per heavy atom. The van der Waals surface area contributed by atoms with E-state index in [0.717, 1.165) is 5.52 Å². The van der Waals surface area contributed by atoms with Crippen molar-refractivity contribution in [3.8, 4) is 0 Å². The number of rotatable bonds is 3. The first-order chi connectivity index (χ1) is 8.72. The van der Waals surface area contributed by atoms with Crippen molar-refractivity contribution in [2.75, 3.05) is 11.9 Å². The van der Waals surface area contributed by atoms with E-state index in [9.17, 15) is 9.59 Å². The molecule has 2 rings (SSSR count). The molecule has 0 saturated heterocycles. The largest absolute Gasteiger partial charge is 0.359 e. The van der Waals surface area contributed by atoms with Gasteiger partial charge in [-0.25, -0.2) is 4.79 Å². The van der Waals surface area contributed by atoms with Gasteiger partial charge in [0.2, 0.25) is 5.43 Å². The highest BCUT2D eigenvalue weighted by molar-refractivity contribution is 5.91. The number of hydrogen-bond acceptors (Lipinski definition) is 2. The summed E-state index contributed by atoms with van der Waals surface area (Å²) in [5, 5.41) is 5.57. The van der Waals surface area contributed by atoms with E-state index in [1.165, 1.54) is 6.20 Å². The monoisotopic (exact) mass is 243 g/mol. The fourth-order valence-electron chi connectivity index (χ4n) is 1.59. The zero-order valence-corrected chi connectivity index (χ0v) is 9.69. The summed E-state index contributed by atoms with van der Waals surface area (Å²) in [6, 6.07) is 6.69. The SMILES string of the molecule is C=CCNC(=O)Nc1c[nH]c2ccccc2c1=O. The predicted molar refractivity (Wildman–Crippen MR) is 71.8 cm³/mol. The van der Waals surface area contributed by atoms with Crippen molar-refractivity contribution >= 4 is 22.6 Å². The van der Waals surface area contributed by atoms with Gasteiger partial charge >= 0.3 is 6.03 Å². The normalized spacial score (nSPS) is 10.0. The number of carbonyl (C=O) groups is 1. The summed E-state index contributed by atoms with van der Waals surface area (Å²) in [4.78, 5) is 26.5. The molecule has 0 aliphatic heterocycles. The lowest BCUT2D eigenvalue weighted by atomic mass is 10.2. The summed E-state index contributed by atoms with van der Waals surface area (Å²) in [6.45, 7) is 3.83. The third-order valence-corrected chi connectivity index (χ3v) is 2.44. The van der Waals surface area contributed by atoms with E-state index in [1.54, 1.807) is 24.3 Å². The van der Waals surface area contributed by atoms with Gasteiger partial charge in [0.05, 0.1) is 0 Å². The maximum Gasteiger partial charge on any atom is 0.319 e. The maximum absolute atomic E-state index is 12.1. The highest BCUT2D eigenvalue weighted by Crippen LogP contribution is 2.09. The number of urea groups is 1. The number of fused-ring (bicyclic) bond motifs is 1. The van der Waals surface area contributed by atoms with Crippen LogP contribution in [-0.2, 0) is 0 Å². The fraction of sp³-hybridized carbons (Fsp3) is 0.0769. The second-order valence-electron chi connectivity index (χ2n) is 3.70. The van der Waals surface area contributed by atoms with Crippen LogP contribution in [0.1, 0.15) is 0 Å². The third kappa shape index (κ3) is 2.40. The van der Waals surface area contributed by atoms with Crippen molar-refractivity contribution in [3.05, 3.63) is 53.3 Å². The minimum absolute atomic E-state index is 0.210. The van der Waals surface area contributed by atoms with Gasteiger partial charge in [0.15, 0.2) is 0 Å². The molecule has 0 bridgehead atoms. The molecule has 1 aromatic heterocycles. The molecular formula is C13H13N3O2. The maximum atomic E-state index is 12.1. The molecule has 2 amide bonds. The Bertz CT molecular complexity index is 646. The van der Waals surface area contributed by atoms with Crippen molar-refractivity contribution in [1.82, 2.24) is 10.3 Å². The van der Waals surface area contributed by atoms with Gasteiger partial charge in [0.1, 0.15) is 5.69 Å². The van der Waals surface area contributed by atoms with Gasteiger partial charge in [-0.15, -0.1) is 6.58 Å². The molecule has 0 unspecified atom stereocenters. The fourth-order valence-corrected chi connectivity index (χ4v) is 1.59. The van der Waals surface area contributed by atoms with Crippen LogP contribution in [0.25, 0.3) is 10.9 Å². The number of carbonyl (C=O) groups excluding carboxylic acids is 1. The Kier molecular flexibility index (Phi) is 3.43. The van der Waals surface area contributed by atoms with Crippen molar-refractivity contribution in [2.24, 2.45) is 0 Å². The van der Waals surface area contributed by atoms with Gasteiger partial charge in [0, 0.05) is 23.6 Å². The number of anilines is 1. The highest BCUT2D eigenvalue weighted by Gasteiger charge is 2.07. The summed E-state index contributed by atoms with van der Waals surface area (Å²) in [5.74, 6) is 0. The van der Waals surface area contributed by atoms with E-state index in [-0.39, 0.29) is 11.1 Å². The lowest BCUT2D eigenvalue weighted by molar-refractivity contribution is 0.253. The van der Waals surface area contributed by atoms with E-state index < -0.39 is 6.03 Å².